The van der Waals surface area contributed by atoms with E-state index in [0.717, 1.165) is 17.3 Å². The standard InChI is InChI=1S/C33H46FN3O8S/c1-19-13-23-22-9-8-20-14-21(35-36-27(42)7-5-4-6-12-37-28(43)15-24(29(37)44)46-18-39)10-11-30(20,2)32(22,34)25(40)16-31(23,3)33(19,45)26(41)17-38/h10-11,14,19,22-25,38-40,45H,4-9,12-13,15-18H2,1-3H3,(H,36,42)/t19-,22+,23+,24?,25+,30+,31+,32+,33+/m1/s1. The smallest absolute Gasteiger partial charge is 0.242 e. The molecule has 11 nitrogen and oxygen atoms in total. The Labute approximate surface area is 272 Å². The molecule has 5 rings (SSSR count). The van der Waals surface area contributed by atoms with Gasteiger partial charge in [0.25, 0.3) is 0 Å². The summed E-state index contributed by atoms with van der Waals surface area (Å²) < 4.78 is 17.5. The number of allylic oxidation sites excluding steroid dienone is 4. The second kappa shape index (κ2) is 12.9. The van der Waals surface area contributed by atoms with Crippen LogP contribution in [0.3, 0.4) is 0 Å². The number of nitrogens with zero attached hydrogens (tertiary/aromatic N) is 2. The van der Waals surface area contributed by atoms with Crippen LogP contribution in [0.25, 0.3) is 0 Å². The van der Waals surface area contributed by atoms with Gasteiger partial charge >= 0.3 is 0 Å². The molecule has 0 bridgehead atoms. The number of amides is 3. The van der Waals surface area contributed by atoms with E-state index in [1.165, 1.54) is 4.90 Å². The summed E-state index contributed by atoms with van der Waals surface area (Å²) >= 11 is 1.05. The zero-order valence-electron chi connectivity index (χ0n) is 26.7. The molecule has 1 saturated heterocycles. The van der Waals surface area contributed by atoms with Crippen LogP contribution in [0, 0.1) is 28.6 Å². The SMILES string of the molecule is C[C@@H]1C[C@H]2[C@@H]3CCC4=CC(=NNC(=O)CCCCCN5C(=O)CC(SCO)C5=O)C=C[C@]4(C)[C@@]3(F)[C@@H](O)C[C@]2(C)[C@@]1(O)C(=O)CO. The Balaban J connectivity index is 1.18. The van der Waals surface area contributed by atoms with Gasteiger partial charge in [0.05, 0.1) is 23.0 Å². The number of aliphatic hydroxyl groups excluding tert-OH is 3. The fourth-order valence-corrected chi connectivity index (χ4v) is 10.1. The lowest BCUT2D eigenvalue weighted by Gasteiger charge is -2.62. The minimum atomic E-state index is -2.05. The molecule has 0 aromatic carbocycles. The van der Waals surface area contributed by atoms with Gasteiger partial charge in [0, 0.05) is 36.1 Å². The number of unbranched alkanes of at least 4 members (excludes halogenated alkanes) is 2. The van der Waals surface area contributed by atoms with Crippen molar-refractivity contribution in [3.8, 4) is 0 Å². The van der Waals surface area contributed by atoms with Gasteiger partial charge in [0.2, 0.25) is 17.7 Å². The van der Waals surface area contributed by atoms with Crippen LogP contribution in [0.1, 0.15) is 78.6 Å². The number of nitrogens with one attached hydrogen (secondary N) is 1. The van der Waals surface area contributed by atoms with Crippen LogP contribution >= 0.6 is 11.8 Å². The van der Waals surface area contributed by atoms with Crippen molar-refractivity contribution in [3.63, 3.8) is 0 Å². The molecular weight excluding hydrogens is 617 g/mol. The number of carbonyl (C=O) groups excluding carboxylic acids is 4. The number of Topliss-reactive ketones (excluding diaryl/α,β-unsaturated/α-hetero) is 1. The molecule has 4 aliphatic carbocycles. The van der Waals surface area contributed by atoms with E-state index in [2.05, 4.69) is 10.5 Å². The minimum absolute atomic E-state index is 0.0984. The normalized spacial score (nSPS) is 40.9. The van der Waals surface area contributed by atoms with Gasteiger partial charge in [-0.25, -0.2) is 9.82 Å². The Morgan fingerprint density at radius 2 is 1.91 bits per heavy atom. The molecule has 9 atom stereocenters. The van der Waals surface area contributed by atoms with Gasteiger partial charge in [-0.3, -0.25) is 24.1 Å². The number of imide groups is 1. The quantitative estimate of drug-likeness (QED) is 0.0960. The van der Waals surface area contributed by atoms with Gasteiger partial charge in [-0.15, -0.1) is 11.8 Å². The summed E-state index contributed by atoms with van der Waals surface area (Å²) in [4.78, 5) is 50.9. The van der Waals surface area contributed by atoms with Gasteiger partial charge < -0.3 is 20.4 Å². The lowest BCUT2D eigenvalue weighted by molar-refractivity contribution is -0.219. The first-order chi connectivity index (χ1) is 21.7. The number of carbonyl (C=O) groups is 4. The molecule has 1 aliphatic heterocycles. The van der Waals surface area contributed by atoms with Gasteiger partial charge in [-0.2, -0.15) is 5.10 Å². The molecule has 3 amide bonds. The Bertz CT molecular complexity index is 1370. The van der Waals surface area contributed by atoms with E-state index in [4.69, 9.17) is 5.11 Å². The summed E-state index contributed by atoms with van der Waals surface area (Å²) in [7, 11) is 0. The lowest BCUT2D eigenvalue weighted by atomic mass is 9.44. The molecule has 1 unspecified atom stereocenters. The summed E-state index contributed by atoms with van der Waals surface area (Å²) in [6.45, 7) is 4.74. The van der Waals surface area contributed by atoms with Crippen LogP contribution in [0.15, 0.2) is 28.9 Å². The molecule has 254 valence electrons. The van der Waals surface area contributed by atoms with E-state index in [-0.39, 0.29) is 55.4 Å². The van der Waals surface area contributed by atoms with Crippen LogP contribution < -0.4 is 5.43 Å². The number of rotatable bonds is 11. The van der Waals surface area contributed by atoms with Gasteiger partial charge in [0.15, 0.2) is 11.5 Å². The van der Waals surface area contributed by atoms with Crippen LogP contribution in [0.2, 0.25) is 0 Å². The van der Waals surface area contributed by atoms with Crippen molar-refractivity contribution in [1.29, 1.82) is 0 Å². The maximum atomic E-state index is 17.5. The van der Waals surface area contributed by atoms with Crippen molar-refractivity contribution >= 4 is 41.0 Å². The number of aliphatic hydroxyl groups is 4. The largest absolute Gasteiger partial charge is 0.390 e. The van der Waals surface area contributed by atoms with Gasteiger partial charge in [0.1, 0.15) is 12.2 Å². The molecule has 4 fully saturated rings. The van der Waals surface area contributed by atoms with Crippen LogP contribution in [0.5, 0.6) is 0 Å². The van der Waals surface area contributed by atoms with Crippen molar-refractivity contribution in [3.05, 3.63) is 23.8 Å². The highest BCUT2D eigenvalue weighted by atomic mass is 32.2. The Morgan fingerprint density at radius 3 is 2.61 bits per heavy atom. The average molecular weight is 664 g/mol. The first-order valence-corrected chi connectivity index (χ1v) is 17.3. The Morgan fingerprint density at radius 1 is 1.17 bits per heavy atom. The monoisotopic (exact) mass is 663 g/mol. The molecule has 0 radical (unpaired) electrons. The second-order valence-corrected chi connectivity index (χ2v) is 15.3. The van der Waals surface area contributed by atoms with E-state index in [0.29, 0.717) is 44.2 Å². The maximum Gasteiger partial charge on any atom is 0.242 e. The highest BCUT2D eigenvalue weighted by Crippen LogP contribution is 2.70. The molecule has 46 heavy (non-hydrogen) atoms. The number of halogens is 1. The molecule has 0 aromatic heterocycles. The van der Waals surface area contributed by atoms with Crippen molar-refractivity contribution in [2.45, 2.75) is 101 Å². The third-order valence-electron chi connectivity index (χ3n) is 11.9. The molecule has 5 N–H and O–H groups in total. The van der Waals surface area contributed by atoms with Crippen molar-refractivity contribution in [2.75, 3.05) is 19.1 Å². The van der Waals surface area contributed by atoms with Crippen LogP contribution in [-0.2, 0) is 19.2 Å². The molecular formula is C33H46FN3O8S. The first-order valence-electron chi connectivity index (χ1n) is 16.3. The third kappa shape index (κ3) is 5.30. The van der Waals surface area contributed by atoms with Gasteiger partial charge in [-0.05, 0) is 69.4 Å². The number of hydrogen-bond donors (Lipinski definition) is 5. The van der Waals surface area contributed by atoms with Crippen molar-refractivity contribution < 1.29 is 44.0 Å². The maximum absolute atomic E-state index is 17.5. The van der Waals surface area contributed by atoms with E-state index in [1.807, 2.05) is 0 Å². The highest BCUT2D eigenvalue weighted by Gasteiger charge is 2.75. The predicted molar refractivity (Wildman–Crippen MR) is 169 cm³/mol. The number of alkyl halides is 1. The Kier molecular flexibility index (Phi) is 9.76. The number of thioether (sulfide) groups is 1. The summed E-state index contributed by atoms with van der Waals surface area (Å²) in [5, 5.41) is 45.5. The van der Waals surface area contributed by atoms with E-state index in [9.17, 15) is 34.5 Å². The number of ketones is 1. The van der Waals surface area contributed by atoms with Crippen LogP contribution in [0.4, 0.5) is 4.39 Å². The van der Waals surface area contributed by atoms with E-state index in [1.54, 1.807) is 39.0 Å². The molecule has 0 aromatic rings. The second-order valence-electron chi connectivity index (χ2n) is 14.1. The van der Waals surface area contributed by atoms with E-state index < -0.39 is 57.7 Å². The topological polar surface area (TPSA) is 177 Å². The first kappa shape index (κ1) is 34.9. The van der Waals surface area contributed by atoms with Crippen molar-refractivity contribution in [2.24, 2.45) is 33.7 Å². The molecule has 3 saturated carbocycles. The number of fused-ring (bicyclic) bond motifs is 5. The van der Waals surface area contributed by atoms with E-state index >= 15 is 4.39 Å². The zero-order chi connectivity index (χ0) is 33.7. The lowest BCUT2D eigenvalue weighted by Crippen LogP contribution is -2.69. The number of hydrogen-bond acceptors (Lipinski definition) is 10. The number of hydrazone groups is 1. The molecule has 0 spiro atoms. The summed E-state index contributed by atoms with van der Waals surface area (Å²) in [5.74, 6) is -3.19. The Hall–Kier alpha value is -2.45. The fourth-order valence-electron chi connectivity index (χ4n) is 9.36. The molecule has 5 aliphatic rings. The average Bonchev–Trinajstić information content (AvgIpc) is 3.40. The predicted octanol–water partition coefficient (Wildman–Crippen LogP) is 2.17. The fraction of sp³-hybridized carbons (Fsp3) is 0.727. The molecule has 1 heterocycles. The van der Waals surface area contributed by atoms with Gasteiger partial charge in [-0.1, -0.05) is 31.9 Å². The summed E-state index contributed by atoms with van der Waals surface area (Å²) in [6.07, 6.45) is 6.92. The third-order valence-corrected chi connectivity index (χ3v) is 12.8. The molecule has 13 heteroatoms. The summed E-state index contributed by atoms with van der Waals surface area (Å²) in [5.41, 5.74) is -2.37. The summed E-state index contributed by atoms with van der Waals surface area (Å²) in [6, 6.07) is 0. The zero-order valence-corrected chi connectivity index (χ0v) is 27.5. The van der Waals surface area contributed by atoms with Crippen molar-refractivity contribution in [1.82, 2.24) is 10.3 Å². The van der Waals surface area contributed by atoms with Crippen LogP contribution in [-0.4, -0.2) is 96.3 Å². The minimum Gasteiger partial charge on any atom is -0.390 e. The number of likely N-dealkylation sites (tertiary alicyclic amines) is 1. The highest BCUT2D eigenvalue weighted by molar-refractivity contribution is 8.00.